The third-order valence-electron chi connectivity index (χ3n) is 12.4. The van der Waals surface area contributed by atoms with Crippen molar-refractivity contribution in [3.63, 3.8) is 0 Å². The number of nitrogen functional groups attached to an aromatic ring is 1. The maximum Gasteiger partial charge on any atom is 0.277 e. The average molecular weight is 979 g/mol. The SMILES string of the molecule is C[C@@H]1OCC2(CCN(c3cnc(Sc4cccc(NC(=O)CCC(=O)NCCCOCCOCCOCCCNc5cccc6cnn(C7CCC(=O)NC7=O)c(=O)c56)c4Cl)c(N)n3)CC2)[C@@H]1N. The number of rotatable bonds is 23. The molecule has 7 rings (SSSR count). The van der Waals surface area contributed by atoms with Crippen LogP contribution in [0.2, 0.25) is 5.02 Å². The Morgan fingerprint density at radius 3 is 2.34 bits per heavy atom. The van der Waals surface area contributed by atoms with E-state index in [9.17, 15) is 24.0 Å². The Balaban J connectivity index is 0.698. The zero-order valence-electron chi connectivity index (χ0n) is 38.1. The summed E-state index contributed by atoms with van der Waals surface area (Å²) < 4.78 is 23.9. The molecule has 22 heteroatoms. The first-order valence-corrected chi connectivity index (χ1v) is 24.2. The van der Waals surface area contributed by atoms with Crippen LogP contribution in [0.15, 0.2) is 63.5 Å². The van der Waals surface area contributed by atoms with Crippen LogP contribution in [0.4, 0.5) is 23.0 Å². The molecule has 3 saturated heterocycles. The molecule has 5 heterocycles. The number of hydrogen-bond donors (Lipinski definition) is 6. The second kappa shape index (κ2) is 24.2. The summed E-state index contributed by atoms with van der Waals surface area (Å²) in [5.74, 6) is -0.493. The number of piperidine rings is 2. The van der Waals surface area contributed by atoms with Crippen LogP contribution in [0.1, 0.15) is 64.3 Å². The van der Waals surface area contributed by atoms with Gasteiger partial charge in [-0.15, -0.1) is 0 Å². The number of nitrogens with one attached hydrogen (secondary N) is 4. The quantitative estimate of drug-likeness (QED) is 0.0457. The van der Waals surface area contributed by atoms with Gasteiger partial charge in [-0.25, -0.2) is 14.6 Å². The number of aromatic nitrogens is 4. The molecular weight excluding hydrogens is 918 g/mol. The van der Waals surface area contributed by atoms with Gasteiger partial charge >= 0.3 is 0 Å². The van der Waals surface area contributed by atoms with Gasteiger partial charge in [0.05, 0.1) is 67.6 Å². The summed E-state index contributed by atoms with van der Waals surface area (Å²) in [6.45, 7) is 7.77. The number of amides is 4. The number of carbonyl (C=O) groups excluding carboxylic acids is 4. The fraction of sp³-hybridized carbons (Fsp3) is 0.522. The predicted octanol–water partition coefficient (Wildman–Crippen LogP) is 3.66. The van der Waals surface area contributed by atoms with Gasteiger partial charge in [-0.05, 0) is 57.2 Å². The van der Waals surface area contributed by atoms with Gasteiger partial charge in [0.1, 0.15) is 16.9 Å². The molecule has 4 aromatic rings. The summed E-state index contributed by atoms with van der Waals surface area (Å²) in [4.78, 5) is 74.5. The van der Waals surface area contributed by atoms with E-state index in [0.29, 0.717) is 115 Å². The van der Waals surface area contributed by atoms with E-state index in [1.807, 2.05) is 19.1 Å². The van der Waals surface area contributed by atoms with E-state index < -0.39 is 17.5 Å². The van der Waals surface area contributed by atoms with Crippen molar-refractivity contribution in [2.75, 3.05) is 93.7 Å². The third-order valence-corrected chi connectivity index (χ3v) is 13.9. The molecule has 1 spiro atoms. The molecule has 2 aromatic carbocycles. The van der Waals surface area contributed by atoms with E-state index in [4.69, 9.17) is 42.0 Å². The van der Waals surface area contributed by atoms with Crippen molar-refractivity contribution in [3.05, 3.63) is 64.2 Å². The number of ether oxygens (including phenoxy) is 4. The number of hydrogen-bond acceptors (Lipinski definition) is 17. The van der Waals surface area contributed by atoms with E-state index in [1.165, 1.54) is 11.8 Å². The lowest BCUT2D eigenvalue weighted by Gasteiger charge is -2.41. The minimum absolute atomic E-state index is 0.00168. The summed E-state index contributed by atoms with van der Waals surface area (Å²) in [6, 6.07) is 9.87. The Kier molecular flexibility index (Phi) is 18.0. The monoisotopic (exact) mass is 977 g/mol. The van der Waals surface area contributed by atoms with Gasteiger partial charge in [-0.3, -0.25) is 29.3 Å². The van der Waals surface area contributed by atoms with Crippen LogP contribution in [0.25, 0.3) is 10.8 Å². The van der Waals surface area contributed by atoms with Crippen molar-refractivity contribution in [1.29, 1.82) is 0 Å². The van der Waals surface area contributed by atoms with Crippen LogP contribution in [0, 0.1) is 5.41 Å². The molecular formula is C46H60ClN11O9S. The predicted molar refractivity (Wildman–Crippen MR) is 258 cm³/mol. The van der Waals surface area contributed by atoms with E-state index in [1.54, 1.807) is 36.7 Å². The molecule has 8 N–H and O–H groups in total. The minimum Gasteiger partial charge on any atom is -0.384 e. The molecule has 68 heavy (non-hydrogen) atoms. The highest BCUT2D eigenvalue weighted by atomic mass is 35.5. The third kappa shape index (κ3) is 13.0. The van der Waals surface area contributed by atoms with Crippen LogP contribution < -0.4 is 43.2 Å². The first kappa shape index (κ1) is 50.5. The van der Waals surface area contributed by atoms with E-state index >= 15 is 0 Å². The second-order valence-electron chi connectivity index (χ2n) is 17.0. The normalized spacial score (nSPS) is 19.0. The molecule has 3 aliphatic heterocycles. The van der Waals surface area contributed by atoms with E-state index in [0.717, 1.165) is 30.6 Å². The first-order chi connectivity index (χ1) is 32.9. The van der Waals surface area contributed by atoms with Gasteiger partial charge in [0.25, 0.3) is 11.5 Å². The molecule has 20 nitrogen and oxygen atoms in total. The maximum atomic E-state index is 13.3. The molecule has 4 amide bonds. The van der Waals surface area contributed by atoms with E-state index in [-0.39, 0.29) is 66.8 Å². The van der Waals surface area contributed by atoms with Gasteiger partial charge in [-0.2, -0.15) is 5.10 Å². The van der Waals surface area contributed by atoms with Crippen LogP contribution in [-0.4, -0.2) is 128 Å². The van der Waals surface area contributed by atoms with Crippen molar-refractivity contribution < 1.29 is 38.1 Å². The highest BCUT2D eigenvalue weighted by Gasteiger charge is 2.47. The summed E-state index contributed by atoms with van der Waals surface area (Å²) in [6.07, 6.45) is 6.78. The van der Waals surface area contributed by atoms with Crippen LogP contribution >= 0.6 is 23.4 Å². The zero-order chi connectivity index (χ0) is 48.0. The Hall–Kier alpha value is -5.42. The molecule has 0 radical (unpaired) electrons. The van der Waals surface area contributed by atoms with Crippen molar-refractivity contribution in [3.8, 4) is 0 Å². The number of carbonyl (C=O) groups is 4. The van der Waals surface area contributed by atoms with E-state index in [2.05, 4.69) is 41.2 Å². The Bertz CT molecular complexity index is 2470. The Morgan fingerprint density at radius 2 is 1.63 bits per heavy atom. The maximum absolute atomic E-state index is 13.3. The molecule has 1 unspecified atom stereocenters. The second-order valence-corrected chi connectivity index (χ2v) is 18.4. The topological polar surface area (TPSA) is 269 Å². The summed E-state index contributed by atoms with van der Waals surface area (Å²) in [5, 5.41) is 17.3. The van der Waals surface area contributed by atoms with Crippen molar-refractivity contribution >= 4 is 80.8 Å². The highest BCUT2D eigenvalue weighted by molar-refractivity contribution is 7.99. The molecule has 3 aliphatic rings. The van der Waals surface area contributed by atoms with Gasteiger partial charge in [-0.1, -0.05) is 41.6 Å². The summed E-state index contributed by atoms with van der Waals surface area (Å²) in [7, 11) is 0. The molecule has 0 bridgehead atoms. The van der Waals surface area contributed by atoms with Crippen molar-refractivity contribution in [2.24, 2.45) is 11.1 Å². The molecule has 0 saturated carbocycles. The van der Waals surface area contributed by atoms with Gasteiger partial charge in [0, 0.05) is 86.1 Å². The van der Waals surface area contributed by atoms with Crippen molar-refractivity contribution in [1.82, 2.24) is 30.4 Å². The number of halogens is 1. The number of imide groups is 1. The standard InChI is InChI=1S/C46H60ClN11O9S/c1-29-41(48)46(28-67-29)14-18-57(19-15-46)35-27-52-44(42(49)55-35)68-34-9-3-8-32(40(34)47)54-37(60)13-12-36(59)51-17-5-21-65-23-25-66-24-22-64-20-4-16-50-31-7-2-6-30-26-53-58(45(63)39(30)31)33-10-11-38(61)56-43(33)62/h2-3,6-9,26-27,29,33,41,50H,4-5,10-25,28,48H2,1H3,(H2,49,55)(H,51,59)(H,54,60)(H,56,61,62)/t29-,33?,41+/m0/s1. The smallest absolute Gasteiger partial charge is 0.277 e. The van der Waals surface area contributed by atoms with Crippen molar-refractivity contribution in [2.45, 2.75) is 86.4 Å². The minimum atomic E-state index is -0.837. The highest BCUT2D eigenvalue weighted by Crippen LogP contribution is 2.43. The first-order valence-electron chi connectivity index (χ1n) is 23.0. The fourth-order valence-corrected chi connectivity index (χ4v) is 9.52. The Labute approximate surface area is 403 Å². The summed E-state index contributed by atoms with van der Waals surface area (Å²) >= 11 is 7.96. The molecule has 3 fully saturated rings. The number of anilines is 4. The van der Waals surface area contributed by atoms with Crippen LogP contribution in [0.5, 0.6) is 0 Å². The fourth-order valence-electron chi connectivity index (χ4n) is 8.42. The van der Waals surface area contributed by atoms with Gasteiger partial charge in [0.2, 0.25) is 17.7 Å². The average Bonchev–Trinajstić information content (AvgIpc) is 3.60. The van der Waals surface area contributed by atoms with Gasteiger partial charge in [0.15, 0.2) is 5.82 Å². The zero-order valence-corrected chi connectivity index (χ0v) is 39.7. The lowest BCUT2D eigenvalue weighted by molar-refractivity contribution is -0.136. The number of nitrogens with two attached hydrogens (primary N) is 2. The summed E-state index contributed by atoms with van der Waals surface area (Å²) in [5.41, 5.74) is 13.5. The largest absolute Gasteiger partial charge is 0.384 e. The molecule has 2 aromatic heterocycles. The number of nitrogens with zero attached hydrogens (tertiary/aromatic N) is 5. The lowest BCUT2D eigenvalue weighted by atomic mass is 9.73. The Morgan fingerprint density at radius 1 is 0.941 bits per heavy atom. The van der Waals surface area contributed by atoms with Crippen LogP contribution in [0.3, 0.4) is 0 Å². The van der Waals surface area contributed by atoms with Gasteiger partial charge < -0.3 is 51.3 Å². The number of benzene rings is 2. The lowest BCUT2D eigenvalue weighted by Crippen LogP contribution is -2.50. The van der Waals surface area contributed by atoms with Crippen LogP contribution in [-0.2, 0) is 38.1 Å². The number of fused-ring (bicyclic) bond motifs is 1. The molecule has 366 valence electrons. The molecule has 3 atom stereocenters. The molecule has 0 aliphatic carbocycles.